The quantitative estimate of drug-likeness (QED) is 0.891. The number of fused-ring (bicyclic) bond motifs is 1. The number of aromatic nitrogens is 1. The Bertz CT molecular complexity index is 547. The van der Waals surface area contributed by atoms with Crippen LogP contribution >= 0.6 is 11.3 Å². The molecule has 2 rings (SSSR count). The van der Waals surface area contributed by atoms with Crippen LogP contribution in [0.4, 0.5) is 0 Å². The molecule has 0 amide bonds. The van der Waals surface area contributed by atoms with Crippen molar-refractivity contribution < 1.29 is 14.6 Å². The molecule has 1 N–H and O–H groups in total. The number of carbonyl (C=O) groups is 1. The van der Waals surface area contributed by atoms with E-state index in [0.29, 0.717) is 5.75 Å². The van der Waals surface area contributed by atoms with E-state index in [9.17, 15) is 4.79 Å². The Morgan fingerprint density at radius 2 is 2.31 bits per heavy atom. The van der Waals surface area contributed by atoms with E-state index in [1.807, 2.05) is 6.92 Å². The maximum atomic E-state index is 10.9. The topological polar surface area (TPSA) is 59.4 Å². The molecule has 0 saturated carbocycles. The molecule has 1 heterocycles. The van der Waals surface area contributed by atoms with E-state index >= 15 is 0 Å². The summed E-state index contributed by atoms with van der Waals surface area (Å²) < 4.78 is 6.01. The molecule has 5 heteroatoms. The van der Waals surface area contributed by atoms with Crippen molar-refractivity contribution in [1.29, 1.82) is 0 Å². The van der Waals surface area contributed by atoms with Gasteiger partial charge in [-0.15, -0.1) is 11.3 Å². The summed E-state index contributed by atoms with van der Waals surface area (Å²) >= 11 is 1.50. The Morgan fingerprint density at radius 1 is 1.56 bits per heavy atom. The number of thiazole rings is 1. The number of aryl methyl sites for hydroxylation is 1. The smallest absolute Gasteiger partial charge is 0.335 e. The summed E-state index contributed by atoms with van der Waals surface area (Å²) in [5.41, 5.74) is 0.977. The minimum atomic E-state index is -0.952. The van der Waals surface area contributed by atoms with E-state index in [-0.39, 0.29) is 5.56 Å². The molecule has 0 unspecified atom stereocenters. The van der Waals surface area contributed by atoms with Gasteiger partial charge in [-0.25, -0.2) is 9.78 Å². The summed E-state index contributed by atoms with van der Waals surface area (Å²) in [7, 11) is 1.52. The zero-order valence-corrected chi connectivity index (χ0v) is 9.80. The van der Waals surface area contributed by atoms with Crippen molar-refractivity contribution in [2.75, 3.05) is 7.11 Å². The zero-order valence-electron chi connectivity index (χ0n) is 8.98. The summed E-state index contributed by atoms with van der Waals surface area (Å²) in [5, 5.41) is 9.94. The normalized spacial score (nSPS) is 10.6. The van der Waals surface area contributed by atoms with Crippen molar-refractivity contribution in [2.24, 2.45) is 0 Å². The largest absolute Gasteiger partial charge is 0.494 e. The van der Waals surface area contributed by atoms with E-state index in [1.165, 1.54) is 24.5 Å². The average molecular weight is 237 g/mol. The SMILES string of the molecule is CCc1nc2c(OC)cc(C(=O)O)cc2s1. The molecule has 2 aromatic rings. The van der Waals surface area contributed by atoms with Gasteiger partial charge in [0.2, 0.25) is 0 Å². The van der Waals surface area contributed by atoms with Crippen molar-refractivity contribution in [3.63, 3.8) is 0 Å². The lowest BCUT2D eigenvalue weighted by molar-refractivity contribution is 0.0696. The predicted molar refractivity (Wildman–Crippen MR) is 62.5 cm³/mol. The molecule has 0 aliphatic carbocycles. The summed E-state index contributed by atoms with van der Waals surface area (Å²) in [6.07, 6.45) is 0.838. The fourth-order valence-electron chi connectivity index (χ4n) is 1.48. The molecule has 0 bridgehead atoms. The van der Waals surface area contributed by atoms with Crippen LogP contribution in [0.5, 0.6) is 5.75 Å². The van der Waals surface area contributed by atoms with Crippen molar-refractivity contribution in [3.8, 4) is 5.75 Å². The molecular weight excluding hydrogens is 226 g/mol. The molecule has 0 aliphatic heterocycles. The minimum absolute atomic E-state index is 0.232. The van der Waals surface area contributed by atoms with Crippen molar-refractivity contribution in [2.45, 2.75) is 13.3 Å². The lowest BCUT2D eigenvalue weighted by atomic mass is 10.2. The van der Waals surface area contributed by atoms with Gasteiger partial charge in [0, 0.05) is 0 Å². The van der Waals surface area contributed by atoms with Crippen molar-refractivity contribution in [3.05, 3.63) is 22.7 Å². The first-order valence-corrected chi connectivity index (χ1v) is 5.68. The molecule has 1 aromatic heterocycles. The maximum absolute atomic E-state index is 10.9. The Balaban J connectivity index is 2.70. The highest BCUT2D eigenvalue weighted by Gasteiger charge is 2.13. The Labute approximate surface area is 96.5 Å². The fourth-order valence-corrected chi connectivity index (χ4v) is 2.44. The van der Waals surface area contributed by atoms with Crippen LogP contribution in [-0.2, 0) is 6.42 Å². The summed E-state index contributed by atoms with van der Waals surface area (Å²) in [4.78, 5) is 15.3. The number of ether oxygens (including phenoxy) is 1. The highest BCUT2D eigenvalue weighted by Crippen LogP contribution is 2.31. The van der Waals surface area contributed by atoms with Crippen LogP contribution in [0.15, 0.2) is 12.1 Å². The molecule has 0 saturated heterocycles. The van der Waals surface area contributed by atoms with Gasteiger partial charge in [-0.2, -0.15) is 0 Å². The van der Waals surface area contributed by atoms with Gasteiger partial charge in [0.25, 0.3) is 0 Å². The van der Waals surface area contributed by atoms with Crippen LogP contribution < -0.4 is 4.74 Å². The van der Waals surface area contributed by atoms with Crippen LogP contribution in [0, 0.1) is 0 Å². The molecule has 16 heavy (non-hydrogen) atoms. The molecule has 0 spiro atoms. The van der Waals surface area contributed by atoms with Gasteiger partial charge in [-0.1, -0.05) is 6.92 Å². The Morgan fingerprint density at radius 3 is 2.88 bits per heavy atom. The van der Waals surface area contributed by atoms with E-state index in [0.717, 1.165) is 21.6 Å². The summed E-state index contributed by atoms with van der Waals surface area (Å²) in [6.45, 7) is 2.02. The monoisotopic (exact) mass is 237 g/mol. The number of nitrogens with zero attached hydrogens (tertiary/aromatic N) is 1. The van der Waals surface area contributed by atoms with Crippen LogP contribution in [0.3, 0.4) is 0 Å². The van der Waals surface area contributed by atoms with Crippen molar-refractivity contribution >= 4 is 27.5 Å². The number of carboxylic acid groups (broad SMARTS) is 1. The molecule has 84 valence electrons. The van der Waals surface area contributed by atoms with Gasteiger partial charge in [0.15, 0.2) is 0 Å². The number of carboxylic acids is 1. The molecular formula is C11H11NO3S. The van der Waals surface area contributed by atoms with Crippen molar-refractivity contribution in [1.82, 2.24) is 4.98 Å². The zero-order chi connectivity index (χ0) is 11.7. The van der Waals surface area contributed by atoms with Gasteiger partial charge in [0.05, 0.1) is 22.4 Å². The van der Waals surface area contributed by atoms with Crippen LogP contribution in [0.1, 0.15) is 22.3 Å². The average Bonchev–Trinajstić information content (AvgIpc) is 2.70. The summed E-state index contributed by atoms with van der Waals surface area (Å²) in [6, 6.07) is 3.14. The number of hydrogen-bond donors (Lipinski definition) is 1. The first kappa shape index (κ1) is 10.9. The lowest BCUT2D eigenvalue weighted by Crippen LogP contribution is -1.97. The second-order valence-electron chi connectivity index (χ2n) is 3.29. The van der Waals surface area contributed by atoms with Crippen LogP contribution in [0.25, 0.3) is 10.2 Å². The minimum Gasteiger partial charge on any atom is -0.494 e. The number of benzene rings is 1. The van der Waals surface area contributed by atoms with Gasteiger partial charge in [-0.05, 0) is 18.6 Å². The Kier molecular flexibility index (Phi) is 2.78. The highest BCUT2D eigenvalue weighted by molar-refractivity contribution is 7.18. The van der Waals surface area contributed by atoms with Gasteiger partial charge in [0.1, 0.15) is 11.3 Å². The third-order valence-electron chi connectivity index (χ3n) is 2.27. The Hall–Kier alpha value is -1.62. The van der Waals surface area contributed by atoms with E-state index < -0.39 is 5.97 Å². The number of aromatic carboxylic acids is 1. The second kappa shape index (κ2) is 4.09. The molecule has 0 fully saturated rings. The van der Waals surface area contributed by atoms with Crippen LogP contribution in [-0.4, -0.2) is 23.2 Å². The molecule has 0 atom stereocenters. The number of hydrogen-bond acceptors (Lipinski definition) is 4. The van der Waals surface area contributed by atoms with E-state index in [2.05, 4.69) is 4.98 Å². The first-order valence-electron chi connectivity index (χ1n) is 4.86. The molecule has 0 radical (unpaired) electrons. The molecule has 4 nitrogen and oxygen atoms in total. The number of methoxy groups -OCH3 is 1. The van der Waals surface area contributed by atoms with Crippen LogP contribution in [0.2, 0.25) is 0 Å². The fraction of sp³-hybridized carbons (Fsp3) is 0.273. The van der Waals surface area contributed by atoms with Gasteiger partial charge >= 0.3 is 5.97 Å². The third-order valence-corrected chi connectivity index (χ3v) is 3.42. The molecule has 0 aliphatic rings. The number of rotatable bonds is 3. The first-order chi connectivity index (χ1) is 7.65. The van der Waals surface area contributed by atoms with E-state index in [1.54, 1.807) is 6.07 Å². The molecule has 1 aromatic carbocycles. The maximum Gasteiger partial charge on any atom is 0.335 e. The summed E-state index contributed by atoms with van der Waals surface area (Å²) in [5.74, 6) is -0.433. The van der Waals surface area contributed by atoms with Gasteiger partial charge in [-0.3, -0.25) is 0 Å². The standard InChI is InChI=1S/C11H11NO3S/c1-3-9-12-10-7(15-2)4-6(11(13)14)5-8(10)16-9/h4-5H,3H2,1-2H3,(H,13,14). The predicted octanol–water partition coefficient (Wildman–Crippen LogP) is 2.57. The second-order valence-corrected chi connectivity index (χ2v) is 4.41. The van der Waals surface area contributed by atoms with E-state index in [4.69, 9.17) is 9.84 Å². The lowest BCUT2D eigenvalue weighted by Gasteiger charge is -2.01. The third kappa shape index (κ3) is 1.74. The van der Waals surface area contributed by atoms with Gasteiger partial charge < -0.3 is 9.84 Å². The highest BCUT2D eigenvalue weighted by atomic mass is 32.1.